The fraction of sp³-hybridized carbons (Fsp3) is 0.455. The van der Waals surface area contributed by atoms with Crippen molar-refractivity contribution in [1.82, 2.24) is 0 Å². The molecule has 5 nitrogen and oxygen atoms in total. The van der Waals surface area contributed by atoms with Gasteiger partial charge in [-0.25, -0.2) is 0 Å². The predicted molar refractivity (Wildman–Crippen MR) is 67.4 cm³/mol. The van der Waals surface area contributed by atoms with Crippen LogP contribution in [0, 0.1) is 10.1 Å². The first-order valence-corrected chi connectivity index (χ1v) is 6.09. The number of nitrogens with zero attached hydrogens (tertiary/aromatic N) is 1. The smallest absolute Gasteiger partial charge is 0.312 e. The summed E-state index contributed by atoms with van der Waals surface area (Å²) in [5, 5.41) is 10.8. The second-order valence-corrected chi connectivity index (χ2v) is 4.25. The molecule has 0 amide bonds. The molecule has 0 fully saturated rings. The molecule has 17 heavy (non-hydrogen) atoms. The van der Waals surface area contributed by atoms with Gasteiger partial charge in [0, 0.05) is 17.1 Å². The molecule has 1 rings (SSSR count). The molecule has 0 radical (unpaired) electrons. The van der Waals surface area contributed by atoms with Gasteiger partial charge in [-0.15, -0.1) is 0 Å². The zero-order chi connectivity index (χ0) is 12.7. The monoisotopic (exact) mass is 303 g/mol. The first-order valence-electron chi connectivity index (χ1n) is 5.29. The Kier molecular flexibility index (Phi) is 5.93. The van der Waals surface area contributed by atoms with Crippen LogP contribution >= 0.6 is 15.9 Å². The standard InChI is InChI=1S/C11H14BrNO4/c1-2-5-16-6-7-17-11-4-3-9(12)8-10(11)13(14)15/h3-4,8H,2,5-7H2,1H3. The highest BCUT2D eigenvalue weighted by atomic mass is 79.9. The number of rotatable bonds is 7. The molecule has 0 aliphatic heterocycles. The molecule has 0 saturated heterocycles. The number of halogens is 1. The lowest BCUT2D eigenvalue weighted by Gasteiger charge is -2.07. The molecule has 0 heterocycles. The Balaban J connectivity index is 2.55. The quantitative estimate of drug-likeness (QED) is 0.441. The molecule has 1 aromatic carbocycles. The Morgan fingerprint density at radius 1 is 1.35 bits per heavy atom. The average molecular weight is 304 g/mol. The topological polar surface area (TPSA) is 61.6 Å². The Morgan fingerprint density at radius 2 is 2.12 bits per heavy atom. The third-order valence-corrected chi connectivity index (χ3v) is 2.44. The van der Waals surface area contributed by atoms with Crippen LogP contribution in [0.1, 0.15) is 13.3 Å². The highest BCUT2D eigenvalue weighted by Crippen LogP contribution is 2.29. The minimum atomic E-state index is -0.465. The molecule has 0 aliphatic carbocycles. The number of benzene rings is 1. The van der Waals surface area contributed by atoms with Crippen molar-refractivity contribution in [2.75, 3.05) is 19.8 Å². The maximum atomic E-state index is 10.8. The van der Waals surface area contributed by atoms with Gasteiger partial charge in [-0.1, -0.05) is 22.9 Å². The lowest BCUT2D eigenvalue weighted by molar-refractivity contribution is -0.386. The Morgan fingerprint density at radius 3 is 2.76 bits per heavy atom. The SMILES string of the molecule is CCCOCCOc1ccc(Br)cc1[N+](=O)[O-]. The predicted octanol–water partition coefficient (Wildman–Crippen LogP) is 3.16. The summed E-state index contributed by atoms with van der Waals surface area (Å²) in [6.45, 7) is 3.43. The van der Waals surface area contributed by atoms with E-state index in [4.69, 9.17) is 9.47 Å². The van der Waals surface area contributed by atoms with Crippen molar-refractivity contribution in [3.63, 3.8) is 0 Å². The highest BCUT2D eigenvalue weighted by Gasteiger charge is 2.15. The van der Waals surface area contributed by atoms with Gasteiger partial charge >= 0.3 is 5.69 Å². The number of nitro benzene ring substituents is 1. The van der Waals surface area contributed by atoms with Crippen LogP contribution in [0.4, 0.5) is 5.69 Å². The molecule has 0 aliphatic rings. The number of hydrogen-bond donors (Lipinski definition) is 0. The summed E-state index contributed by atoms with van der Waals surface area (Å²) in [4.78, 5) is 10.3. The zero-order valence-corrected chi connectivity index (χ0v) is 11.1. The summed E-state index contributed by atoms with van der Waals surface area (Å²) in [6.07, 6.45) is 0.943. The van der Waals surface area contributed by atoms with E-state index in [1.165, 1.54) is 6.07 Å². The van der Waals surface area contributed by atoms with E-state index in [0.717, 1.165) is 6.42 Å². The van der Waals surface area contributed by atoms with E-state index in [-0.39, 0.29) is 11.4 Å². The van der Waals surface area contributed by atoms with Crippen LogP contribution in [-0.2, 0) is 4.74 Å². The van der Waals surface area contributed by atoms with E-state index >= 15 is 0 Å². The minimum Gasteiger partial charge on any atom is -0.484 e. The van der Waals surface area contributed by atoms with E-state index < -0.39 is 4.92 Å². The fourth-order valence-electron chi connectivity index (χ4n) is 1.21. The Labute approximate surface area is 108 Å². The maximum absolute atomic E-state index is 10.8. The summed E-state index contributed by atoms with van der Waals surface area (Å²) in [7, 11) is 0. The molecular weight excluding hydrogens is 290 g/mol. The van der Waals surface area contributed by atoms with Gasteiger partial charge in [0.1, 0.15) is 6.61 Å². The summed E-state index contributed by atoms with van der Waals surface area (Å²) in [6, 6.07) is 4.69. The summed E-state index contributed by atoms with van der Waals surface area (Å²) in [5.41, 5.74) is -0.0464. The van der Waals surface area contributed by atoms with Gasteiger partial charge in [0.15, 0.2) is 5.75 Å². The minimum absolute atomic E-state index is 0.0464. The van der Waals surface area contributed by atoms with Crippen LogP contribution in [0.3, 0.4) is 0 Å². The van der Waals surface area contributed by atoms with Crippen LogP contribution in [0.2, 0.25) is 0 Å². The van der Waals surface area contributed by atoms with Crippen LogP contribution in [0.15, 0.2) is 22.7 Å². The second kappa shape index (κ2) is 7.24. The molecule has 0 unspecified atom stereocenters. The molecule has 0 saturated carbocycles. The van der Waals surface area contributed by atoms with Gasteiger partial charge in [0.05, 0.1) is 11.5 Å². The van der Waals surface area contributed by atoms with Crippen molar-refractivity contribution in [3.8, 4) is 5.75 Å². The molecule has 0 spiro atoms. The normalized spacial score (nSPS) is 10.2. The third kappa shape index (κ3) is 4.70. The van der Waals surface area contributed by atoms with Gasteiger partial charge in [-0.3, -0.25) is 10.1 Å². The average Bonchev–Trinajstić information content (AvgIpc) is 2.30. The lowest BCUT2D eigenvalue weighted by Crippen LogP contribution is -2.08. The molecule has 6 heteroatoms. The van der Waals surface area contributed by atoms with Gasteiger partial charge in [0.25, 0.3) is 0 Å². The van der Waals surface area contributed by atoms with E-state index in [1.54, 1.807) is 12.1 Å². The highest BCUT2D eigenvalue weighted by molar-refractivity contribution is 9.10. The first-order chi connectivity index (χ1) is 8.15. The lowest BCUT2D eigenvalue weighted by atomic mass is 10.3. The summed E-state index contributed by atoms with van der Waals surface area (Å²) in [5.74, 6) is 0.262. The zero-order valence-electron chi connectivity index (χ0n) is 9.52. The molecule has 0 bridgehead atoms. The van der Waals surface area contributed by atoms with E-state index in [9.17, 15) is 10.1 Å². The molecule has 0 atom stereocenters. The van der Waals surface area contributed by atoms with Crippen molar-refractivity contribution < 1.29 is 14.4 Å². The maximum Gasteiger partial charge on any atom is 0.312 e. The number of hydrogen-bond acceptors (Lipinski definition) is 4. The van der Waals surface area contributed by atoms with Gasteiger partial charge in [0.2, 0.25) is 0 Å². The number of nitro groups is 1. The van der Waals surface area contributed by atoms with Crippen LogP contribution in [0.5, 0.6) is 5.75 Å². The van der Waals surface area contributed by atoms with E-state index in [2.05, 4.69) is 15.9 Å². The van der Waals surface area contributed by atoms with E-state index in [1.807, 2.05) is 6.92 Å². The third-order valence-electron chi connectivity index (χ3n) is 1.95. The first kappa shape index (κ1) is 13.9. The van der Waals surface area contributed by atoms with Crippen LogP contribution in [0.25, 0.3) is 0 Å². The number of ether oxygens (including phenoxy) is 2. The molecule has 0 aromatic heterocycles. The fourth-order valence-corrected chi connectivity index (χ4v) is 1.56. The molecule has 1 aromatic rings. The molecular formula is C11H14BrNO4. The van der Waals surface area contributed by atoms with E-state index in [0.29, 0.717) is 24.3 Å². The van der Waals surface area contributed by atoms with Crippen LogP contribution < -0.4 is 4.74 Å². The molecule has 0 N–H and O–H groups in total. The van der Waals surface area contributed by atoms with Crippen molar-refractivity contribution in [3.05, 3.63) is 32.8 Å². The molecule has 94 valence electrons. The second-order valence-electron chi connectivity index (χ2n) is 3.33. The Bertz CT molecular complexity index is 384. The summed E-state index contributed by atoms with van der Waals surface area (Å²) >= 11 is 3.18. The van der Waals surface area contributed by atoms with Gasteiger partial charge in [-0.05, 0) is 18.6 Å². The summed E-state index contributed by atoms with van der Waals surface area (Å²) < 4.78 is 11.2. The van der Waals surface area contributed by atoms with Gasteiger partial charge < -0.3 is 9.47 Å². The van der Waals surface area contributed by atoms with Crippen molar-refractivity contribution in [1.29, 1.82) is 0 Å². The van der Waals surface area contributed by atoms with Gasteiger partial charge in [-0.2, -0.15) is 0 Å². The Hall–Kier alpha value is -1.14. The van der Waals surface area contributed by atoms with Crippen molar-refractivity contribution in [2.45, 2.75) is 13.3 Å². The van der Waals surface area contributed by atoms with Crippen molar-refractivity contribution >= 4 is 21.6 Å². The largest absolute Gasteiger partial charge is 0.484 e. The van der Waals surface area contributed by atoms with Crippen molar-refractivity contribution in [2.24, 2.45) is 0 Å². The van der Waals surface area contributed by atoms with Crippen LogP contribution in [-0.4, -0.2) is 24.7 Å².